The van der Waals surface area contributed by atoms with Crippen molar-refractivity contribution in [2.45, 2.75) is 19.8 Å². The average Bonchev–Trinajstić information content (AvgIpc) is 2.37. The average molecular weight is 227 g/mol. The zero-order chi connectivity index (χ0) is 12.3. The van der Waals surface area contributed by atoms with E-state index in [4.69, 9.17) is 0 Å². The highest BCUT2D eigenvalue weighted by Gasteiger charge is 2.13. The molecule has 2 rings (SSSR count). The van der Waals surface area contributed by atoms with Crippen LogP contribution in [0, 0.1) is 5.92 Å². The van der Waals surface area contributed by atoms with E-state index in [1.165, 1.54) is 16.3 Å². The van der Waals surface area contributed by atoms with Crippen molar-refractivity contribution in [2.24, 2.45) is 5.92 Å². The molecular formula is C16H21N. The summed E-state index contributed by atoms with van der Waals surface area (Å²) in [4.78, 5) is 0. The van der Waals surface area contributed by atoms with E-state index in [1.54, 1.807) is 0 Å². The third-order valence-corrected chi connectivity index (χ3v) is 3.68. The van der Waals surface area contributed by atoms with Gasteiger partial charge in [0.15, 0.2) is 0 Å². The minimum atomic E-state index is 0.590. The molecule has 2 aromatic carbocycles. The van der Waals surface area contributed by atoms with Crippen molar-refractivity contribution in [3.8, 4) is 0 Å². The van der Waals surface area contributed by atoms with Crippen molar-refractivity contribution in [2.75, 3.05) is 13.6 Å². The summed E-state index contributed by atoms with van der Waals surface area (Å²) >= 11 is 0. The van der Waals surface area contributed by atoms with Crippen LogP contribution in [0.3, 0.4) is 0 Å². The van der Waals surface area contributed by atoms with Gasteiger partial charge in [0.2, 0.25) is 0 Å². The fourth-order valence-corrected chi connectivity index (χ4v) is 2.32. The molecule has 1 nitrogen and oxygen atoms in total. The molecule has 17 heavy (non-hydrogen) atoms. The Labute approximate surface area is 104 Å². The van der Waals surface area contributed by atoms with E-state index in [0.717, 1.165) is 6.54 Å². The fraction of sp³-hybridized carbons (Fsp3) is 0.375. The third kappa shape index (κ3) is 2.67. The van der Waals surface area contributed by atoms with Crippen LogP contribution in [0.2, 0.25) is 0 Å². The summed E-state index contributed by atoms with van der Waals surface area (Å²) < 4.78 is 0. The van der Waals surface area contributed by atoms with Crippen molar-refractivity contribution in [3.63, 3.8) is 0 Å². The number of fused-ring (bicyclic) bond motifs is 1. The van der Waals surface area contributed by atoms with Crippen molar-refractivity contribution in [1.29, 1.82) is 0 Å². The Kier molecular flexibility index (Phi) is 3.80. The molecule has 0 bridgehead atoms. The van der Waals surface area contributed by atoms with Crippen LogP contribution >= 0.6 is 0 Å². The number of benzene rings is 2. The fourth-order valence-electron chi connectivity index (χ4n) is 2.32. The van der Waals surface area contributed by atoms with Crippen LogP contribution in [-0.2, 0) is 0 Å². The lowest BCUT2D eigenvalue weighted by atomic mass is 9.88. The van der Waals surface area contributed by atoms with Crippen molar-refractivity contribution < 1.29 is 0 Å². The molecule has 2 unspecified atom stereocenters. The standard InChI is InChI=1S/C16H21N/c1-12(11-17-3)13(2)15-9-8-14-6-4-5-7-16(14)10-15/h4-10,12-13,17H,11H2,1-3H3. The Morgan fingerprint density at radius 1 is 1.00 bits per heavy atom. The van der Waals surface area contributed by atoms with Crippen molar-refractivity contribution >= 4 is 10.8 Å². The van der Waals surface area contributed by atoms with Gasteiger partial charge in [-0.15, -0.1) is 0 Å². The van der Waals surface area contributed by atoms with Gasteiger partial charge in [-0.3, -0.25) is 0 Å². The van der Waals surface area contributed by atoms with Gasteiger partial charge in [0, 0.05) is 0 Å². The Morgan fingerprint density at radius 2 is 1.71 bits per heavy atom. The van der Waals surface area contributed by atoms with E-state index in [-0.39, 0.29) is 0 Å². The van der Waals surface area contributed by atoms with E-state index in [9.17, 15) is 0 Å². The number of hydrogen-bond donors (Lipinski definition) is 1. The lowest BCUT2D eigenvalue weighted by Gasteiger charge is -2.20. The minimum Gasteiger partial charge on any atom is -0.319 e. The van der Waals surface area contributed by atoms with Gasteiger partial charge in [-0.05, 0) is 41.8 Å². The molecule has 1 N–H and O–H groups in total. The van der Waals surface area contributed by atoms with Crippen LogP contribution in [0.25, 0.3) is 10.8 Å². The lowest BCUT2D eigenvalue weighted by Crippen LogP contribution is -2.20. The van der Waals surface area contributed by atoms with Gasteiger partial charge in [-0.2, -0.15) is 0 Å². The normalized spacial score (nSPS) is 14.8. The van der Waals surface area contributed by atoms with Gasteiger partial charge in [0.05, 0.1) is 0 Å². The van der Waals surface area contributed by atoms with Gasteiger partial charge in [-0.1, -0.05) is 56.3 Å². The predicted octanol–water partition coefficient (Wildman–Crippen LogP) is 3.80. The Morgan fingerprint density at radius 3 is 2.41 bits per heavy atom. The molecule has 0 aliphatic heterocycles. The number of hydrogen-bond acceptors (Lipinski definition) is 1. The first-order valence-corrected chi connectivity index (χ1v) is 6.35. The molecule has 90 valence electrons. The summed E-state index contributed by atoms with van der Waals surface area (Å²) in [6.07, 6.45) is 0. The predicted molar refractivity (Wildman–Crippen MR) is 75.5 cm³/mol. The van der Waals surface area contributed by atoms with E-state index in [1.807, 2.05) is 7.05 Å². The molecule has 0 radical (unpaired) electrons. The quantitative estimate of drug-likeness (QED) is 0.837. The molecule has 2 atom stereocenters. The summed E-state index contributed by atoms with van der Waals surface area (Å²) in [7, 11) is 2.02. The Hall–Kier alpha value is -1.34. The molecule has 0 saturated carbocycles. The Balaban J connectivity index is 2.29. The van der Waals surface area contributed by atoms with Gasteiger partial charge >= 0.3 is 0 Å². The molecule has 2 aromatic rings. The molecule has 0 aliphatic rings. The summed E-state index contributed by atoms with van der Waals surface area (Å²) in [6.45, 7) is 5.68. The maximum absolute atomic E-state index is 3.26. The first-order valence-electron chi connectivity index (χ1n) is 6.35. The highest BCUT2D eigenvalue weighted by Crippen LogP contribution is 2.26. The van der Waals surface area contributed by atoms with E-state index < -0.39 is 0 Å². The zero-order valence-electron chi connectivity index (χ0n) is 10.9. The van der Waals surface area contributed by atoms with E-state index in [0.29, 0.717) is 11.8 Å². The second-order valence-corrected chi connectivity index (χ2v) is 4.93. The molecule has 0 saturated heterocycles. The van der Waals surface area contributed by atoms with Gasteiger partial charge in [0.1, 0.15) is 0 Å². The smallest absolute Gasteiger partial charge is 0.00204 e. The molecule has 0 spiro atoms. The largest absolute Gasteiger partial charge is 0.319 e. The SMILES string of the molecule is CNCC(C)C(C)c1ccc2ccccc2c1. The minimum absolute atomic E-state index is 0.590. The van der Waals surface area contributed by atoms with Crippen LogP contribution in [0.15, 0.2) is 42.5 Å². The van der Waals surface area contributed by atoms with E-state index in [2.05, 4.69) is 61.6 Å². The van der Waals surface area contributed by atoms with Crippen molar-refractivity contribution in [3.05, 3.63) is 48.0 Å². The van der Waals surface area contributed by atoms with Gasteiger partial charge in [0.25, 0.3) is 0 Å². The van der Waals surface area contributed by atoms with E-state index >= 15 is 0 Å². The van der Waals surface area contributed by atoms with Crippen molar-refractivity contribution in [1.82, 2.24) is 5.32 Å². The summed E-state index contributed by atoms with van der Waals surface area (Å²) in [5, 5.41) is 5.92. The molecule has 0 aliphatic carbocycles. The monoisotopic (exact) mass is 227 g/mol. The lowest BCUT2D eigenvalue weighted by molar-refractivity contribution is 0.466. The highest BCUT2D eigenvalue weighted by molar-refractivity contribution is 5.83. The Bertz CT molecular complexity index is 490. The maximum Gasteiger partial charge on any atom is -0.00204 e. The molecule has 0 amide bonds. The molecule has 0 fully saturated rings. The zero-order valence-corrected chi connectivity index (χ0v) is 10.9. The topological polar surface area (TPSA) is 12.0 Å². The molecule has 1 heteroatoms. The first-order chi connectivity index (χ1) is 8.22. The highest BCUT2D eigenvalue weighted by atomic mass is 14.8. The van der Waals surface area contributed by atoms with Gasteiger partial charge < -0.3 is 5.32 Å². The summed E-state index contributed by atoms with van der Waals surface area (Å²) in [5.41, 5.74) is 1.44. The van der Waals surface area contributed by atoms with Gasteiger partial charge in [-0.25, -0.2) is 0 Å². The molecule has 0 heterocycles. The molecular weight excluding hydrogens is 206 g/mol. The van der Waals surface area contributed by atoms with Crippen LogP contribution in [0.4, 0.5) is 0 Å². The number of rotatable bonds is 4. The van der Waals surface area contributed by atoms with Crippen LogP contribution < -0.4 is 5.32 Å². The second kappa shape index (κ2) is 5.33. The summed E-state index contributed by atoms with van der Waals surface area (Å²) in [5.74, 6) is 1.24. The third-order valence-electron chi connectivity index (χ3n) is 3.68. The molecule has 0 aromatic heterocycles. The second-order valence-electron chi connectivity index (χ2n) is 4.93. The maximum atomic E-state index is 3.26. The van der Waals surface area contributed by atoms with Crippen LogP contribution in [-0.4, -0.2) is 13.6 Å². The summed E-state index contributed by atoms with van der Waals surface area (Å²) in [6, 6.07) is 15.4. The van der Waals surface area contributed by atoms with Crippen LogP contribution in [0.5, 0.6) is 0 Å². The first kappa shape index (κ1) is 12.1. The number of nitrogens with one attached hydrogen (secondary N) is 1. The van der Waals surface area contributed by atoms with Crippen LogP contribution in [0.1, 0.15) is 25.3 Å².